The van der Waals surface area contributed by atoms with E-state index in [4.69, 9.17) is 0 Å². The third kappa shape index (κ3) is 5.52. The van der Waals surface area contributed by atoms with E-state index < -0.39 is 35.8 Å². The molecule has 134 valence electrons. The van der Waals surface area contributed by atoms with E-state index in [1.165, 1.54) is 7.11 Å². The minimum Gasteiger partial charge on any atom is -0.467 e. The molecule has 1 aromatic rings. The van der Waals surface area contributed by atoms with Crippen molar-refractivity contribution in [3.63, 3.8) is 0 Å². The number of rotatable bonds is 6. The monoisotopic (exact) mass is 347 g/mol. The summed E-state index contributed by atoms with van der Waals surface area (Å²) in [5.41, 5.74) is -0.889. The summed E-state index contributed by atoms with van der Waals surface area (Å²) in [6, 6.07) is 2.65. The van der Waals surface area contributed by atoms with Crippen molar-refractivity contribution in [2.75, 3.05) is 7.11 Å². The SMILES string of the molecule is COC(=O)[C@@H](CC(C)C)NC(=O)[C@H](O)c1ccc(C(F)(F)F)cc1. The molecule has 0 radical (unpaired) electrons. The van der Waals surface area contributed by atoms with Gasteiger partial charge in [0.2, 0.25) is 0 Å². The zero-order valence-electron chi connectivity index (χ0n) is 13.6. The molecule has 24 heavy (non-hydrogen) atoms. The van der Waals surface area contributed by atoms with Crippen LogP contribution in [-0.2, 0) is 20.5 Å². The van der Waals surface area contributed by atoms with Gasteiger partial charge in [0.25, 0.3) is 5.91 Å². The quantitative estimate of drug-likeness (QED) is 0.775. The van der Waals surface area contributed by atoms with Crippen LogP contribution in [0.25, 0.3) is 0 Å². The summed E-state index contributed by atoms with van der Waals surface area (Å²) in [7, 11) is 1.17. The number of carbonyl (C=O) groups is 2. The van der Waals surface area contributed by atoms with Gasteiger partial charge in [-0.2, -0.15) is 13.2 Å². The Morgan fingerprint density at radius 1 is 1.21 bits per heavy atom. The Labute approximate surface area is 137 Å². The van der Waals surface area contributed by atoms with Crippen LogP contribution in [0, 0.1) is 5.92 Å². The number of benzene rings is 1. The molecule has 0 saturated heterocycles. The van der Waals surface area contributed by atoms with Gasteiger partial charge in [0.15, 0.2) is 6.10 Å². The second-order valence-electron chi connectivity index (χ2n) is 5.74. The Kier molecular flexibility index (Phi) is 6.77. The number of ether oxygens (including phenoxy) is 1. The average Bonchev–Trinajstić information content (AvgIpc) is 2.51. The predicted molar refractivity (Wildman–Crippen MR) is 79.8 cm³/mol. The van der Waals surface area contributed by atoms with Crippen LogP contribution in [0.5, 0.6) is 0 Å². The zero-order chi connectivity index (χ0) is 18.5. The van der Waals surface area contributed by atoms with Gasteiger partial charge in [0, 0.05) is 0 Å². The molecule has 1 aromatic carbocycles. The van der Waals surface area contributed by atoms with Gasteiger partial charge in [-0.1, -0.05) is 26.0 Å². The van der Waals surface area contributed by atoms with E-state index in [2.05, 4.69) is 10.1 Å². The van der Waals surface area contributed by atoms with Crippen molar-refractivity contribution < 1.29 is 32.6 Å². The number of nitrogens with one attached hydrogen (secondary N) is 1. The lowest BCUT2D eigenvalue weighted by molar-refractivity contribution is -0.146. The van der Waals surface area contributed by atoms with E-state index in [0.717, 1.165) is 24.3 Å². The first kappa shape index (κ1) is 20.0. The number of esters is 1. The standard InChI is InChI=1S/C16H20F3NO4/c1-9(2)8-12(15(23)24-3)20-14(22)13(21)10-4-6-11(7-5-10)16(17,18)19/h4-7,9,12-13,21H,8H2,1-3H3,(H,20,22)/t12-,13-/m1/s1. The van der Waals surface area contributed by atoms with Crippen LogP contribution in [0.2, 0.25) is 0 Å². The molecule has 0 aliphatic heterocycles. The topological polar surface area (TPSA) is 75.6 Å². The molecule has 0 heterocycles. The number of amides is 1. The van der Waals surface area contributed by atoms with Crippen LogP contribution in [-0.4, -0.2) is 30.1 Å². The lowest BCUT2D eigenvalue weighted by Gasteiger charge is -2.20. The van der Waals surface area contributed by atoms with Gasteiger partial charge in [-0.15, -0.1) is 0 Å². The number of aliphatic hydroxyl groups is 1. The lowest BCUT2D eigenvalue weighted by atomic mass is 10.0. The first-order valence-corrected chi connectivity index (χ1v) is 7.29. The Hall–Kier alpha value is -2.09. The van der Waals surface area contributed by atoms with Crippen molar-refractivity contribution in [3.8, 4) is 0 Å². The Morgan fingerprint density at radius 2 is 1.75 bits per heavy atom. The highest BCUT2D eigenvalue weighted by atomic mass is 19.4. The summed E-state index contributed by atoms with van der Waals surface area (Å²) < 4.78 is 42.1. The maximum atomic E-state index is 12.5. The van der Waals surface area contributed by atoms with Gasteiger partial charge in [-0.25, -0.2) is 4.79 Å². The zero-order valence-corrected chi connectivity index (χ0v) is 13.6. The summed E-state index contributed by atoms with van der Waals surface area (Å²) in [6.07, 6.45) is -5.89. The molecule has 0 spiro atoms. The molecule has 0 unspecified atom stereocenters. The molecule has 0 saturated carbocycles. The van der Waals surface area contributed by atoms with E-state index in [1.807, 2.05) is 13.8 Å². The predicted octanol–water partition coefficient (Wildman–Crippen LogP) is 2.44. The summed E-state index contributed by atoms with van der Waals surface area (Å²) in [5, 5.41) is 12.3. The van der Waals surface area contributed by atoms with Crippen LogP contribution in [0.4, 0.5) is 13.2 Å². The average molecular weight is 347 g/mol. The first-order valence-electron chi connectivity index (χ1n) is 7.29. The molecule has 0 aliphatic rings. The molecule has 5 nitrogen and oxygen atoms in total. The van der Waals surface area contributed by atoms with Crippen LogP contribution in [0.15, 0.2) is 24.3 Å². The van der Waals surface area contributed by atoms with E-state index in [1.54, 1.807) is 0 Å². The van der Waals surface area contributed by atoms with Gasteiger partial charge >= 0.3 is 12.1 Å². The fraction of sp³-hybridized carbons (Fsp3) is 0.500. The minimum absolute atomic E-state index is 0.00587. The maximum Gasteiger partial charge on any atom is 0.416 e. The van der Waals surface area contributed by atoms with E-state index in [0.29, 0.717) is 6.42 Å². The van der Waals surface area contributed by atoms with Crippen molar-refractivity contribution in [2.24, 2.45) is 5.92 Å². The number of alkyl halides is 3. The highest BCUT2D eigenvalue weighted by Crippen LogP contribution is 2.30. The molecule has 2 N–H and O–H groups in total. The van der Waals surface area contributed by atoms with Crippen molar-refractivity contribution >= 4 is 11.9 Å². The largest absolute Gasteiger partial charge is 0.467 e. The third-order valence-corrected chi connectivity index (χ3v) is 3.31. The molecular formula is C16H20F3NO4. The van der Waals surface area contributed by atoms with Gasteiger partial charge in [-0.05, 0) is 30.0 Å². The van der Waals surface area contributed by atoms with E-state index >= 15 is 0 Å². The Bertz CT molecular complexity index is 570. The van der Waals surface area contributed by atoms with Crippen molar-refractivity contribution in [1.82, 2.24) is 5.32 Å². The smallest absolute Gasteiger partial charge is 0.416 e. The molecule has 8 heteroatoms. The fourth-order valence-electron chi connectivity index (χ4n) is 2.08. The summed E-state index contributed by atoms with van der Waals surface area (Å²) in [4.78, 5) is 23.7. The molecule has 0 bridgehead atoms. The number of aliphatic hydroxyl groups excluding tert-OH is 1. The van der Waals surface area contributed by atoms with Crippen molar-refractivity contribution in [1.29, 1.82) is 0 Å². The number of hydrogen-bond acceptors (Lipinski definition) is 4. The van der Waals surface area contributed by atoms with Crippen LogP contribution >= 0.6 is 0 Å². The molecular weight excluding hydrogens is 327 g/mol. The normalized spacial score (nSPS) is 14.2. The van der Waals surface area contributed by atoms with Crippen molar-refractivity contribution in [2.45, 2.75) is 38.6 Å². The Morgan fingerprint density at radius 3 is 2.17 bits per heavy atom. The highest BCUT2D eigenvalue weighted by molar-refractivity contribution is 5.87. The number of carbonyl (C=O) groups excluding carboxylic acids is 2. The molecule has 1 amide bonds. The third-order valence-electron chi connectivity index (χ3n) is 3.31. The molecule has 0 fully saturated rings. The molecule has 2 atom stereocenters. The highest BCUT2D eigenvalue weighted by Gasteiger charge is 2.31. The van der Waals surface area contributed by atoms with Crippen LogP contribution in [0.3, 0.4) is 0 Å². The van der Waals surface area contributed by atoms with Crippen LogP contribution in [0.1, 0.15) is 37.5 Å². The molecule has 1 rings (SSSR count). The van der Waals surface area contributed by atoms with E-state index in [9.17, 15) is 27.9 Å². The second kappa shape index (κ2) is 8.14. The van der Waals surface area contributed by atoms with Crippen molar-refractivity contribution in [3.05, 3.63) is 35.4 Å². The van der Waals surface area contributed by atoms with Crippen LogP contribution < -0.4 is 5.32 Å². The minimum atomic E-state index is -4.50. The van der Waals surface area contributed by atoms with Gasteiger partial charge in [0.05, 0.1) is 12.7 Å². The summed E-state index contributed by atoms with van der Waals surface area (Å²) in [5.74, 6) is -1.46. The number of halogens is 3. The lowest BCUT2D eigenvalue weighted by Crippen LogP contribution is -2.44. The van der Waals surface area contributed by atoms with E-state index in [-0.39, 0.29) is 11.5 Å². The van der Waals surface area contributed by atoms with Gasteiger partial charge in [0.1, 0.15) is 6.04 Å². The Balaban J connectivity index is 2.83. The van der Waals surface area contributed by atoms with Gasteiger partial charge < -0.3 is 15.2 Å². The van der Waals surface area contributed by atoms with Gasteiger partial charge in [-0.3, -0.25) is 4.79 Å². The fourth-order valence-corrected chi connectivity index (χ4v) is 2.08. The number of methoxy groups -OCH3 is 1. The second-order valence-corrected chi connectivity index (χ2v) is 5.74. The number of hydrogen-bond donors (Lipinski definition) is 2. The maximum absolute atomic E-state index is 12.5. The molecule has 0 aliphatic carbocycles. The first-order chi connectivity index (χ1) is 11.1. The molecule has 0 aromatic heterocycles. The summed E-state index contributed by atoms with van der Waals surface area (Å²) >= 11 is 0. The summed E-state index contributed by atoms with van der Waals surface area (Å²) in [6.45, 7) is 3.68.